The van der Waals surface area contributed by atoms with Gasteiger partial charge in [-0.05, 0) is 42.9 Å². The van der Waals surface area contributed by atoms with E-state index < -0.39 is 0 Å². The molecule has 3 aliphatic carbocycles. The molecular formula is C11H18. The molecule has 0 saturated heterocycles. The zero-order valence-corrected chi connectivity index (χ0v) is 7.26. The Kier molecular flexibility index (Phi) is 1.33. The van der Waals surface area contributed by atoms with Crippen LogP contribution in [0.5, 0.6) is 0 Å². The van der Waals surface area contributed by atoms with E-state index in [9.17, 15) is 0 Å². The summed E-state index contributed by atoms with van der Waals surface area (Å²) in [7, 11) is 0. The average molecular weight is 150 g/mol. The number of fused-ring (bicyclic) bond motifs is 1. The van der Waals surface area contributed by atoms with E-state index in [0.29, 0.717) is 0 Å². The third-order valence-corrected chi connectivity index (χ3v) is 4.49. The summed E-state index contributed by atoms with van der Waals surface area (Å²) >= 11 is 0. The van der Waals surface area contributed by atoms with E-state index in [-0.39, 0.29) is 0 Å². The first-order valence-electron chi connectivity index (χ1n) is 5.43. The van der Waals surface area contributed by atoms with E-state index in [1.165, 1.54) is 23.7 Å². The molecule has 0 aromatic rings. The molecule has 62 valence electrons. The van der Waals surface area contributed by atoms with E-state index in [0.717, 1.165) is 0 Å². The molecule has 3 saturated carbocycles. The minimum atomic E-state index is 1.17. The molecular weight excluding hydrogens is 132 g/mol. The van der Waals surface area contributed by atoms with Gasteiger partial charge in [0.1, 0.15) is 0 Å². The van der Waals surface area contributed by atoms with Crippen LogP contribution in [0.4, 0.5) is 0 Å². The molecule has 3 rings (SSSR count). The maximum absolute atomic E-state index is 1.62. The van der Waals surface area contributed by atoms with E-state index in [1.54, 1.807) is 44.9 Å². The van der Waals surface area contributed by atoms with Gasteiger partial charge < -0.3 is 0 Å². The maximum Gasteiger partial charge on any atom is -0.0355 e. The highest BCUT2D eigenvalue weighted by Gasteiger charge is 2.46. The third-order valence-electron chi connectivity index (χ3n) is 4.49. The first-order chi connectivity index (χ1) is 5.43. The summed E-state index contributed by atoms with van der Waals surface area (Å²) in [5.74, 6) is 4.73. The van der Waals surface area contributed by atoms with Gasteiger partial charge in [-0.1, -0.05) is 25.7 Å². The van der Waals surface area contributed by atoms with Crippen molar-refractivity contribution in [2.24, 2.45) is 23.7 Å². The van der Waals surface area contributed by atoms with Crippen molar-refractivity contribution in [3.63, 3.8) is 0 Å². The standard InChI is InChI=1S/C11H18/c1-2-4-10-6-8-5-9(3-1)11(10)7-8/h8-11H,1-7H2. The normalized spacial score (nSPS) is 54.5. The van der Waals surface area contributed by atoms with Crippen LogP contribution in [0.2, 0.25) is 0 Å². The second kappa shape index (κ2) is 2.24. The van der Waals surface area contributed by atoms with Gasteiger partial charge in [0.2, 0.25) is 0 Å². The second-order valence-electron chi connectivity index (χ2n) is 5.04. The van der Waals surface area contributed by atoms with Crippen LogP contribution in [0.15, 0.2) is 0 Å². The molecule has 0 amide bonds. The Morgan fingerprint density at radius 3 is 1.91 bits per heavy atom. The van der Waals surface area contributed by atoms with Crippen LogP contribution >= 0.6 is 0 Å². The Morgan fingerprint density at radius 2 is 1.36 bits per heavy atom. The van der Waals surface area contributed by atoms with Gasteiger partial charge in [0.15, 0.2) is 0 Å². The van der Waals surface area contributed by atoms with E-state index >= 15 is 0 Å². The summed E-state index contributed by atoms with van der Waals surface area (Å²) < 4.78 is 0. The predicted octanol–water partition coefficient (Wildman–Crippen LogP) is 3.22. The second-order valence-corrected chi connectivity index (χ2v) is 5.04. The molecule has 0 heterocycles. The van der Waals surface area contributed by atoms with Crippen molar-refractivity contribution in [3.8, 4) is 0 Å². The molecule has 2 unspecified atom stereocenters. The predicted molar refractivity (Wildman–Crippen MR) is 46.3 cm³/mol. The van der Waals surface area contributed by atoms with Crippen LogP contribution in [0.25, 0.3) is 0 Å². The Labute approximate surface area is 69.4 Å². The molecule has 3 fully saturated rings. The van der Waals surface area contributed by atoms with E-state index in [2.05, 4.69) is 0 Å². The maximum atomic E-state index is 1.62. The van der Waals surface area contributed by atoms with E-state index in [1.807, 2.05) is 0 Å². The molecule has 0 spiro atoms. The fourth-order valence-corrected chi connectivity index (χ4v) is 4.13. The molecule has 0 aromatic carbocycles. The highest BCUT2D eigenvalue weighted by molar-refractivity contribution is 4.96. The summed E-state index contributed by atoms with van der Waals surface area (Å²) in [6.45, 7) is 0. The van der Waals surface area contributed by atoms with Crippen LogP contribution < -0.4 is 0 Å². The number of rotatable bonds is 0. The highest BCUT2D eigenvalue weighted by Crippen LogP contribution is 2.56. The van der Waals surface area contributed by atoms with Crippen LogP contribution in [0, 0.1) is 23.7 Å². The molecule has 0 N–H and O–H groups in total. The quantitative estimate of drug-likeness (QED) is 0.497. The van der Waals surface area contributed by atoms with Gasteiger partial charge in [-0.25, -0.2) is 0 Å². The lowest BCUT2D eigenvalue weighted by Crippen LogP contribution is -2.17. The third kappa shape index (κ3) is 0.878. The fourth-order valence-electron chi connectivity index (χ4n) is 4.13. The number of hydrogen-bond donors (Lipinski definition) is 0. The van der Waals surface area contributed by atoms with Gasteiger partial charge in [0.05, 0.1) is 0 Å². The van der Waals surface area contributed by atoms with E-state index in [4.69, 9.17) is 0 Å². The van der Waals surface area contributed by atoms with Crippen molar-refractivity contribution in [3.05, 3.63) is 0 Å². The molecule has 11 heavy (non-hydrogen) atoms. The molecule has 2 bridgehead atoms. The van der Waals surface area contributed by atoms with Gasteiger partial charge in [-0.3, -0.25) is 0 Å². The Morgan fingerprint density at radius 1 is 0.727 bits per heavy atom. The van der Waals surface area contributed by atoms with Crippen molar-refractivity contribution in [2.75, 3.05) is 0 Å². The van der Waals surface area contributed by atoms with Gasteiger partial charge in [-0.2, -0.15) is 0 Å². The van der Waals surface area contributed by atoms with Crippen molar-refractivity contribution < 1.29 is 0 Å². The topological polar surface area (TPSA) is 0 Å². The van der Waals surface area contributed by atoms with Crippen LogP contribution in [0.3, 0.4) is 0 Å². The minimum Gasteiger partial charge on any atom is -0.0530 e. The van der Waals surface area contributed by atoms with Crippen LogP contribution in [-0.4, -0.2) is 0 Å². The minimum absolute atomic E-state index is 1.17. The Hall–Kier alpha value is 0. The number of hydrogen-bond acceptors (Lipinski definition) is 0. The molecule has 3 aliphatic rings. The molecule has 0 nitrogen and oxygen atoms in total. The molecule has 2 atom stereocenters. The molecule has 0 aromatic heterocycles. The lowest BCUT2D eigenvalue weighted by atomic mass is 9.80. The lowest BCUT2D eigenvalue weighted by Gasteiger charge is -2.25. The van der Waals surface area contributed by atoms with Gasteiger partial charge in [0.25, 0.3) is 0 Å². The zero-order chi connectivity index (χ0) is 7.26. The first kappa shape index (κ1) is 6.51. The van der Waals surface area contributed by atoms with Crippen molar-refractivity contribution in [1.29, 1.82) is 0 Å². The largest absolute Gasteiger partial charge is 0.0530 e. The van der Waals surface area contributed by atoms with Gasteiger partial charge in [0, 0.05) is 0 Å². The van der Waals surface area contributed by atoms with Gasteiger partial charge in [-0.15, -0.1) is 0 Å². The Bertz CT molecular complexity index is 143. The summed E-state index contributed by atoms with van der Waals surface area (Å²) in [6, 6.07) is 0. The average Bonchev–Trinajstić information content (AvgIpc) is 2.55. The first-order valence-corrected chi connectivity index (χ1v) is 5.43. The monoisotopic (exact) mass is 150 g/mol. The molecule has 0 heteroatoms. The van der Waals surface area contributed by atoms with Crippen LogP contribution in [0.1, 0.15) is 44.9 Å². The lowest BCUT2D eigenvalue weighted by molar-refractivity contribution is 0.242. The SMILES string of the molecule is C1CCC2CC3CC(C1)C2C3. The van der Waals surface area contributed by atoms with Crippen molar-refractivity contribution in [1.82, 2.24) is 0 Å². The molecule has 0 radical (unpaired) electrons. The molecule has 0 aliphatic heterocycles. The summed E-state index contributed by atoms with van der Waals surface area (Å²) in [5.41, 5.74) is 0. The summed E-state index contributed by atoms with van der Waals surface area (Å²) in [4.78, 5) is 0. The fraction of sp³-hybridized carbons (Fsp3) is 1.00. The highest BCUT2D eigenvalue weighted by atomic mass is 14.5. The van der Waals surface area contributed by atoms with Gasteiger partial charge >= 0.3 is 0 Å². The van der Waals surface area contributed by atoms with Crippen LogP contribution in [-0.2, 0) is 0 Å². The smallest absolute Gasteiger partial charge is 0.0355 e. The summed E-state index contributed by atoms with van der Waals surface area (Å²) in [6.07, 6.45) is 11.1. The Balaban J connectivity index is 1.87. The van der Waals surface area contributed by atoms with Crippen molar-refractivity contribution >= 4 is 0 Å². The zero-order valence-electron chi connectivity index (χ0n) is 7.26. The van der Waals surface area contributed by atoms with Crippen molar-refractivity contribution in [2.45, 2.75) is 44.9 Å². The summed E-state index contributed by atoms with van der Waals surface area (Å²) in [5, 5.41) is 0.